The van der Waals surface area contributed by atoms with Gasteiger partial charge in [-0.2, -0.15) is 10.2 Å². The summed E-state index contributed by atoms with van der Waals surface area (Å²) in [6.07, 6.45) is 2.01. The van der Waals surface area contributed by atoms with Crippen LogP contribution >= 0.6 is 0 Å². The second-order valence-corrected chi connectivity index (χ2v) is 8.34. The van der Waals surface area contributed by atoms with Crippen molar-refractivity contribution in [1.82, 2.24) is 4.98 Å². The fourth-order valence-corrected chi connectivity index (χ4v) is 3.77. The van der Waals surface area contributed by atoms with Crippen molar-refractivity contribution in [3.05, 3.63) is 17.2 Å². The van der Waals surface area contributed by atoms with E-state index < -0.39 is 11.9 Å². The molecular weight excluding hydrogens is 358 g/mol. The summed E-state index contributed by atoms with van der Waals surface area (Å²) in [7, 11) is 1.46. The SMILES string of the molecule is CCCC(=O)c1cc(C#N)c(N2CCC(C(=O)O)CC2C(C)(C)C)nc1OC. The van der Waals surface area contributed by atoms with E-state index in [2.05, 4.69) is 31.8 Å². The number of nitriles is 1. The Morgan fingerprint density at radius 2 is 2.11 bits per heavy atom. The van der Waals surface area contributed by atoms with Gasteiger partial charge in [0.25, 0.3) is 0 Å². The van der Waals surface area contributed by atoms with Crippen LogP contribution in [0.25, 0.3) is 0 Å². The Morgan fingerprint density at radius 3 is 2.61 bits per heavy atom. The van der Waals surface area contributed by atoms with Gasteiger partial charge in [-0.1, -0.05) is 27.7 Å². The highest BCUT2D eigenvalue weighted by atomic mass is 16.5. The van der Waals surface area contributed by atoms with Gasteiger partial charge in [0.05, 0.1) is 24.2 Å². The number of Topliss-reactive ketones (excluding diaryl/α,β-unsaturated/α-hetero) is 1. The zero-order valence-electron chi connectivity index (χ0n) is 17.3. The number of carbonyl (C=O) groups excluding carboxylic acids is 1. The molecule has 2 heterocycles. The van der Waals surface area contributed by atoms with Gasteiger partial charge in [0, 0.05) is 19.0 Å². The number of hydrogen-bond donors (Lipinski definition) is 1. The maximum absolute atomic E-state index is 12.4. The lowest BCUT2D eigenvalue weighted by atomic mass is 9.77. The Morgan fingerprint density at radius 1 is 1.43 bits per heavy atom. The van der Waals surface area contributed by atoms with Crippen LogP contribution in [0.1, 0.15) is 69.3 Å². The van der Waals surface area contributed by atoms with Crippen molar-refractivity contribution in [2.24, 2.45) is 11.3 Å². The van der Waals surface area contributed by atoms with E-state index in [0.29, 0.717) is 49.2 Å². The van der Waals surface area contributed by atoms with E-state index >= 15 is 0 Å². The van der Waals surface area contributed by atoms with Crippen LogP contribution in [0.15, 0.2) is 6.07 Å². The largest absolute Gasteiger partial charge is 0.481 e. The molecule has 2 atom stereocenters. The lowest BCUT2D eigenvalue weighted by molar-refractivity contribution is -0.143. The van der Waals surface area contributed by atoms with Crippen LogP contribution in [0.4, 0.5) is 5.82 Å². The first-order valence-electron chi connectivity index (χ1n) is 9.65. The standard InChI is InChI=1S/C21H29N3O4/c1-6-7-16(25)15-10-14(12-22)18(23-19(15)28-5)24-9-8-13(20(26)27)11-17(24)21(2,3)4/h10,13,17H,6-9,11H2,1-5H3,(H,26,27). The fraction of sp³-hybridized carbons (Fsp3) is 0.619. The number of methoxy groups -OCH3 is 1. The molecule has 1 aliphatic heterocycles. The van der Waals surface area contributed by atoms with Crippen LogP contribution in [0, 0.1) is 22.7 Å². The highest BCUT2D eigenvalue weighted by Gasteiger charge is 2.40. The summed E-state index contributed by atoms with van der Waals surface area (Å²) in [6.45, 7) is 8.55. The molecule has 28 heavy (non-hydrogen) atoms. The smallest absolute Gasteiger partial charge is 0.306 e. The first-order chi connectivity index (χ1) is 13.1. The van der Waals surface area contributed by atoms with Gasteiger partial charge in [-0.3, -0.25) is 9.59 Å². The Hall–Kier alpha value is -2.62. The minimum Gasteiger partial charge on any atom is -0.481 e. The number of carboxylic acid groups (broad SMARTS) is 1. The number of carboxylic acids is 1. The van der Waals surface area contributed by atoms with E-state index in [0.717, 1.165) is 0 Å². The molecule has 0 radical (unpaired) electrons. The number of ketones is 1. The highest BCUT2D eigenvalue weighted by Crippen LogP contribution is 2.39. The Labute approximate surface area is 166 Å². The van der Waals surface area contributed by atoms with Gasteiger partial charge in [-0.15, -0.1) is 0 Å². The Balaban J connectivity index is 2.54. The molecule has 0 saturated carbocycles. The van der Waals surface area contributed by atoms with Gasteiger partial charge >= 0.3 is 5.97 Å². The zero-order valence-corrected chi connectivity index (χ0v) is 17.3. The average Bonchev–Trinajstić information content (AvgIpc) is 2.65. The van der Waals surface area contributed by atoms with Crippen LogP contribution in [0.3, 0.4) is 0 Å². The van der Waals surface area contributed by atoms with Gasteiger partial charge in [0.1, 0.15) is 6.07 Å². The lowest BCUT2D eigenvalue weighted by Crippen LogP contribution is -2.51. The number of aromatic nitrogens is 1. The minimum absolute atomic E-state index is 0.105. The molecule has 0 spiro atoms. The van der Waals surface area contributed by atoms with E-state index in [9.17, 15) is 20.0 Å². The third kappa shape index (κ3) is 4.44. The summed E-state index contributed by atoms with van der Waals surface area (Å²) in [6, 6.07) is 3.61. The van der Waals surface area contributed by atoms with Crippen molar-refractivity contribution in [2.75, 3.05) is 18.6 Å². The van der Waals surface area contributed by atoms with Crippen LogP contribution in [0.5, 0.6) is 5.88 Å². The number of hydrogen-bond acceptors (Lipinski definition) is 6. The first-order valence-corrected chi connectivity index (χ1v) is 9.65. The van der Waals surface area contributed by atoms with Gasteiger partial charge in [-0.05, 0) is 30.7 Å². The van der Waals surface area contributed by atoms with Gasteiger partial charge in [0.2, 0.25) is 5.88 Å². The molecule has 1 aromatic heterocycles. The molecule has 1 aliphatic rings. The van der Waals surface area contributed by atoms with Gasteiger partial charge in [0.15, 0.2) is 11.6 Å². The predicted molar refractivity (Wildman–Crippen MR) is 106 cm³/mol. The van der Waals surface area contributed by atoms with Crippen molar-refractivity contribution in [1.29, 1.82) is 5.26 Å². The Kier molecular flexibility index (Phi) is 6.65. The summed E-state index contributed by atoms with van der Waals surface area (Å²) >= 11 is 0. The number of nitrogens with zero attached hydrogens (tertiary/aromatic N) is 3. The Bertz CT molecular complexity index is 792. The molecule has 1 N–H and O–H groups in total. The highest BCUT2D eigenvalue weighted by molar-refractivity contribution is 5.99. The normalized spacial score (nSPS) is 19.8. The lowest BCUT2D eigenvalue weighted by Gasteiger charge is -2.46. The van der Waals surface area contributed by atoms with Gasteiger partial charge < -0.3 is 14.7 Å². The molecule has 152 valence electrons. The second kappa shape index (κ2) is 8.59. The molecule has 1 fully saturated rings. The van der Waals surface area contributed by atoms with Crippen LogP contribution in [0.2, 0.25) is 0 Å². The summed E-state index contributed by atoms with van der Waals surface area (Å²) in [4.78, 5) is 30.5. The molecule has 7 nitrogen and oxygen atoms in total. The number of anilines is 1. The number of rotatable bonds is 6. The molecule has 0 aromatic carbocycles. The van der Waals surface area contributed by atoms with Crippen LogP contribution in [-0.2, 0) is 4.79 Å². The van der Waals surface area contributed by atoms with Gasteiger partial charge in [-0.25, -0.2) is 0 Å². The zero-order chi connectivity index (χ0) is 21.1. The first kappa shape index (κ1) is 21.7. The fourth-order valence-electron chi connectivity index (χ4n) is 3.77. The number of ether oxygens (including phenoxy) is 1. The maximum atomic E-state index is 12.4. The molecule has 0 bridgehead atoms. The van der Waals surface area contributed by atoms with Crippen molar-refractivity contribution >= 4 is 17.6 Å². The molecule has 0 amide bonds. The molecule has 0 aliphatic carbocycles. The molecule has 2 rings (SSSR count). The minimum atomic E-state index is -0.791. The van der Waals surface area contributed by atoms with E-state index in [1.54, 1.807) is 6.07 Å². The van der Waals surface area contributed by atoms with Crippen molar-refractivity contribution in [3.8, 4) is 11.9 Å². The molecule has 1 aromatic rings. The average molecular weight is 387 g/mol. The third-order valence-corrected chi connectivity index (χ3v) is 5.28. The second-order valence-electron chi connectivity index (χ2n) is 8.34. The van der Waals surface area contributed by atoms with Crippen LogP contribution < -0.4 is 9.64 Å². The topological polar surface area (TPSA) is 104 Å². The molecular formula is C21H29N3O4. The summed E-state index contributed by atoms with van der Waals surface area (Å²) < 4.78 is 5.36. The van der Waals surface area contributed by atoms with E-state index in [1.165, 1.54) is 7.11 Å². The van der Waals surface area contributed by atoms with Crippen molar-refractivity contribution < 1.29 is 19.4 Å². The van der Waals surface area contributed by atoms with Crippen molar-refractivity contribution in [3.63, 3.8) is 0 Å². The molecule has 2 unspecified atom stereocenters. The summed E-state index contributed by atoms with van der Waals surface area (Å²) in [5, 5.41) is 19.2. The van der Waals surface area contributed by atoms with Crippen LogP contribution in [-0.4, -0.2) is 41.5 Å². The third-order valence-electron chi connectivity index (χ3n) is 5.28. The summed E-state index contributed by atoms with van der Waals surface area (Å²) in [5.41, 5.74) is 0.410. The molecule has 7 heteroatoms. The van der Waals surface area contributed by atoms with E-state index in [4.69, 9.17) is 4.74 Å². The number of piperidine rings is 1. The number of carbonyl (C=O) groups is 2. The molecule has 1 saturated heterocycles. The number of pyridine rings is 1. The van der Waals surface area contributed by atoms with Crippen molar-refractivity contribution in [2.45, 2.75) is 59.4 Å². The maximum Gasteiger partial charge on any atom is 0.306 e. The number of aliphatic carboxylic acids is 1. The van der Waals surface area contributed by atoms with E-state index in [1.807, 2.05) is 11.8 Å². The quantitative estimate of drug-likeness (QED) is 0.743. The monoisotopic (exact) mass is 387 g/mol. The van der Waals surface area contributed by atoms with E-state index in [-0.39, 0.29) is 23.1 Å². The predicted octanol–water partition coefficient (Wildman–Crippen LogP) is 3.66. The summed E-state index contributed by atoms with van der Waals surface area (Å²) in [5.74, 6) is -0.651.